The van der Waals surface area contributed by atoms with Crippen LogP contribution >= 0.6 is 11.6 Å². The summed E-state index contributed by atoms with van der Waals surface area (Å²) in [6.45, 7) is 2.50. The van der Waals surface area contributed by atoms with Crippen LogP contribution in [0.15, 0.2) is 77.7 Å². The first-order chi connectivity index (χ1) is 16.5. The molecule has 0 unspecified atom stereocenters. The molecule has 1 aromatic heterocycles. The molecule has 1 N–H and O–H groups in total. The van der Waals surface area contributed by atoms with Crippen LogP contribution in [0.3, 0.4) is 0 Å². The van der Waals surface area contributed by atoms with Gasteiger partial charge < -0.3 is 14.7 Å². The van der Waals surface area contributed by atoms with Gasteiger partial charge in [-0.05, 0) is 24.1 Å². The Hall–Kier alpha value is -3.71. The molecule has 2 aliphatic rings. The molecule has 0 saturated carbocycles. The third kappa shape index (κ3) is 3.62. The Balaban J connectivity index is 1.83. The molecule has 2 bridgehead atoms. The van der Waals surface area contributed by atoms with Gasteiger partial charge >= 0.3 is 0 Å². The van der Waals surface area contributed by atoms with E-state index in [2.05, 4.69) is 0 Å². The third-order valence-corrected chi connectivity index (χ3v) is 6.60. The molecule has 3 aromatic rings. The maximum Gasteiger partial charge on any atom is 0.278 e. The van der Waals surface area contributed by atoms with Crippen molar-refractivity contribution in [1.82, 2.24) is 9.58 Å². The second-order valence-corrected chi connectivity index (χ2v) is 8.67. The number of aromatic hydroxyl groups is 1. The average molecular weight is 478 g/mol. The minimum Gasteiger partial charge on any atom is -0.502 e. The summed E-state index contributed by atoms with van der Waals surface area (Å²) in [5, 5.41) is 13.1. The van der Waals surface area contributed by atoms with Gasteiger partial charge in [0.2, 0.25) is 5.43 Å². The number of rotatable bonds is 2. The summed E-state index contributed by atoms with van der Waals surface area (Å²) in [4.78, 5) is 27.6. The standard InChI is InChI=1S/C26H24ClN3O4/c1-2-18-10-7-15-34-25-19(11-6-12-20(25)27)22(17-8-4-3-5-9-17)30-16-28(18)26(33)23-24(32)21(31)13-14-29(23)30/h3-14,18,22,32H,2,15-16H2,1H3/b10-7-/t18-,22+/m1/s1. The molecule has 0 radical (unpaired) electrons. The van der Waals surface area contributed by atoms with Gasteiger partial charge in [-0.25, -0.2) is 0 Å². The topological polar surface area (TPSA) is 75.0 Å². The van der Waals surface area contributed by atoms with Crippen LogP contribution in [-0.2, 0) is 0 Å². The van der Waals surface area contributed by atoms with Crippen LogP contribution in [0.25, 0.3) is 0 Å². The Morgan fingerprint density at radius 1 is 1.09 bits per heavy atom. The number of carbonyl (C=O) groups is 1. The van der Waals surface area contributed by atoms with E-state index in [-0.39, 0.29) is 25.0 Å². The molecule has 0 spiro atoms. The lowest BCUT2D eigenvalue weighted by atomic mass is 9.96. The number of pyridine rings is 1. The van der Waals surface area contributed by atoms with Gasteiger partial charge in [0, 0.05) is 17.8 Å². The first-order valence-electron chi connectivity index (χ1n) is 11.2. The molecule has 3 heterocycles. The van der Waals surface area contributed by atoms with Gasteiger partial charge in [0.15, 0.2) is 11.4 Å². The van der Waals surface area contributed by atoms with Crippen LogP contribution in [0.5, 0.6) is 11.5 Å². The maximum atomic E-state index is 13.6. The highest BCUT2D eigenvalue weighted by atomic mass is 35.5. The van der Waals surface area contributed by atoms with Crippen LogP contribution < -0.4 is 15.2 Å². The Bertz CT molecular complexity index is 1320. The number of benzene rings is 2. The summed E-state index contributed by atoms with van der Waals surface area (Å²) >= 11 is 6.59. The molecular weight excluding hydrogens is 454 g/mol. The van der Waals surface area contributed by atoms with E-state index >= 15 is 0 Å². The number of amides is 1. The van der Waals surface area contributed by atoms with Gasteiger partial charge in [-0.3, -0.25) is 19.3 Å². The fourth-order valence-corrected chi connectivity index (χ4v) is 4.90. The largest absolute Gasteiger partial charge is 0.502 e. The Morgan fingerprint density at radius 2 is 1.88 bits per heavy atom. The molecular formula is C26H24ClN3O4. The molecule has 2 aliphatic heterocycles. The summed E-state index contributed by atoms with van der Waals surface area (Å²) in [6.07, 6.45) is 5.97. The number of ether oxygens (including phenoxy) is 1. The van der Waals surface area contributed by atoms with Crippen molar-refractivity contribution in [3.05, 3.63) is 105 Å². The number of hydrogen-bond donors (Lipinski definition) is 1. The summed E-state index contributed by atoms with van der Waals surface area (Å²) in [5.41, 5.74) is 1.08. The van der Waals surface area contributed by atoms with Gasteiger partial charge in [0.1, 0.15) is 25.1 Å². The summed E-state index contributed by atoms with van der Waals surface area (Å²) in [5.74, 6) is -0.417. The van der Waals surface area contributed by atoms with E-state index in [9.17, 15) is 14.7 Å². The number of aromatic nitrogens is 1. The number of para-hydroxylation sites is 1. The third-order valence-electron chi connectivity index (χ3n) is 6.30. The number of nitrogens with zero attached hydrogens (tertiary/aromatic N) is 3. The number of carbonyl (C=O) groups excluding carboxylic acids is 1. The summed E-state index contributed by atoms with van der Waals surface area (Å²) < 4.78 is 7.72. The minimum absolute atomic E-state index is 0.0599. The van der Waals surface area contributed by atoms with Gasteiger partial charge in [0.25, 0.3) is 5.91 Å². The molecule has 2 aromatic carbocycles. The van der Waals surface area contributed by atoms with Crippen molar-refractivity contribution in [2.45, 2.75) is 25.4 Å². The van der Waals surface area contributed by atoms with Crippen molar-refractivity contribution in [3.63, 3.8) is 0 Å². The van der Waals surface area contributed by atoms with Crippen molar-refractivity contribution in [1.29, 1.82) is 0 Å². The Morgan fingerprint density at radius 3 is 2.65 bits per heavy atom. The number of halogens is 1. The molecule has 8 heteroatoms. The first-order valence-corrected chi connectivity index (χ1v) is 11.5. The lowest BCUT2D eigenvalue weighted by Gasteiger charge is -2.45. The molecule has 2 atom stereocenters. The van der Waals surface area contributed by atoms with Crippen LogP contribution in [0.1, 0.15) is 41.0 Å². The lowest BCUT2D eigenvalue weighted by Crippen LogP contribution is -2.57. The molecule has 174 valence electrons. The first kappa shape index (κ1) is 22.1. The van der Waals surface area contributed by atoms with Crippen LogP contribution in [0.2, 0.25) is 5.02 Å². The van der Waals surface area contributed by atoms with Crippen LogP contribution in [0.4, 0.5) is 0 Å². The van der Waals surface area contributed by atoms with E-state index in [0.29, 0.717) is 17.2 Å². The lowest BCUT2D eigenvalue weighted by molar-refractivity contribution is 0.0626. The molecule has 5 rings (SSSR count). The second kappa shape index (κ2) is 8.91. The smallest absolute Gasteiger partial charge is 0.278 e. The zero-order chi connectivity index (χ0) is 23.8. The highest BCUT2D eigenvalue weighted by Crippen LogP contribution is 2.40. The average Bonchev–Trinajstić information content (AvgIpc) is 2.87. The SMILES string of the molecule is CC[C@@H]1/C=C\COc2c(Cl)cccc2[C@H](c2ccccc2)N2CN1C(=O)c1c(O)c(=O)ccn12. The van der Waals surface area contributed by atoms with Crippen LogP contribution in [0, 0.1) is 0 Å². The highest BCUT2D eigenvalue weighted by Gasteiger charge is 2.39. The zero-order valence-electron chi connectivity index (χ0n) is 18.6. The maximum absolute atomic E-state index is 13.6. The molecule has 0 aliphatic carbocycles. The van der Waals surface area contributed by atoms with Crippen molar-refractivity contribution in [2.24, 2.45) is 0 Å². The Labute approximate surface area is 202 Å². The fourth-order valence-electron chi connectivity index (χ4n) is 4.66. The van der Waals surface area contributed by atoms with E-state index in [1.165, 1.54) is 12.3 Å². The van der Waals surface area contributed by atoms with Gasteiger partial charge in [-0.15, -0.1) is 0 Å². The van der Waals surface area contributed by atoms with E-state index < -0.39 is 23.1 Å². The predicted molar refractivity (Wildman–Crippen MR) is 130 cm³/mol. The van der Waals surface area contributed by atoms with Gasteiger partial charge in [0.05, 0.1) is 11.1 Å². The highest BCUT2D eigenvalue weighted by molar-refractivity contribution is 6.32. The van der Waals surface area contributed by atoms with E-state index in [4.69, 9.17) is 16.3 Å². The number of hydrogen-bond acceptors (Lipinski definition) is 5. The van der Waals surface area contributed by atoms with Gasteiger partial charge in [-0.2, -0.15) is 0 Å². The molecule has 1 amide bonds. The predicted octanol–water partition coefficient (Wildman–Crippen LogP) is 4.08. The minimum atomic E-state index is -0.600. The molecule has 34 heavy (non-hydrogen) atoms. The fraction of sp³-hybridized carbons (Fsp3) is 0.231. The monoisotopic (exact) mass is 477 g/mol. The summed E-state index contributed by atoms with van der Waals surface area (Å²) in [6, 6.07) is 16.0. The number of fused-ring (bicyclic) bond motifs is 5. The molecule has 0 fully saturated rings. The normalized spacial score (nSPS) is 20.6. The zero-order valence-corrected chi connectivity index (χ0v) is 19.4. The van der Waals surface area contributed by atoms with Crippen molar-refractivity contribution in [3.8, 4) is 11.5 Å². The summed E-state index contributed by atoms with van der Waals surface area (Å²) in [7, 11) is 0. The van der Waals surface area contributed by atoms with Crippen molar-refractivity contribution >= 4 is 17.5 Å². The Kier molecular flexibility index (Phi) is 5.79. The van der Waals surface area contributed by atoms with Gasteiger partial charge in [-0.1, -0.05) is 67.1 Å². The van der Waals surface area contributed by atoms with E-state index in [1.807, 2.05) is 66.5 Å². The van der Waals surface area contributed by atoms with Crippen molar-refractivity contribution in [2.75, 3.05) is 18.3 Å². The molecule has 0 saturated heterocycles. The second-order valence-electron chi connectivity index (χ2n) is 8.26. The molecule has 7 nitrogen and oxygen atoms in total. The van der Waals surface area contributed by atoms with Crippen LogP contribution in [-0.4, -0.2) is 39.9 Å². The quantitative estimate of drug-likeness (QED) is 0.563. The van der Waals surface area contributed by atoms with E-state index in [0.717, 1.165) is 11.1 Å². The van der Waals surface area contributed by atoms with E-state index in [1.54, 1.807) is 15.6 Å². The van der Waals surface area contributed by atoms with Crippen molar-refractivity contribution < 1.29 is 14.6 Å².